The highest BCUT2D eigenvalue weighted by molar-refractivity contribution is 8.16. The van der Waals surface area contributed by atoms with Crippen LogP contribution in [-0.4, -0.2) is 30.1 Å². The van der Waals surface area contributed by atoms with E-state index >= 15 is 0 Å². The highest BCUT2D eigenvalue weighted by Crippen LogP contribution is 2.43. The van der Waals surface area contributed by atoms with Gasteiger partial charge in [0.2, 0.25) is 0 Å². The molecule has 0 aliphatic carbocycles. The molecule has 0 aromatic heterocycles. The topological polar surface area (TPSA) is 29.5 Å². The van der Waals surface area contributed by atoms with Crippen molar-refractivity contribution >= 4 is 35.1 Å². The zero-order chi connectivity index (χ0) is 17.9. The van der Waals surface area contributed by atoms with Crippen molar-refractivity contribution in [2.45, 2.75) is 30.4 Å². The van der Waals surface area contributed by atoms with Crippen LogP contribution in [0.2, 0.25) is 0 Å². The van der Waals surface area contributed by atoms with Crippen LogP contribution < -0.4 is 9.64 Å². The summed E-state index contributed by atoms with van der Waals surface area (Å²) in [7, 11) is 0. The second kappa shape index (κ2) is 7.97. The molecule has 0 saturated carbocycles. The Kier molecular flexibility index (Phi) is 5.46. The van der Waals surface area contributed by atoms with E-state index in [1.165, 1.54) is 29.1 Å². The average molecular weight is 386 g/mol. The zero-order valence-electron chi connectivity index (χ0n) is 14.9. The third kappa shape index (κ3) is 3.74. The van der Waals surface area contributed by atoms with Crippen LogP contribution in [0.1, 0.15) is 29.1 Å². The lowest BCUT2D eigenvalue weighted by atomic mass is 10.1. The summed E-state index contributed by atoms with van der Waals surface area (Å²) < 4.78 is 6.31. The van der Waals surface area contributed by atoms with E-state index in [1.54, 1.807) is 0 Å². The zero-order valence-corrected chi connectivity index (χ0v) is 16.5. The van der Waals surface area contributed by atoms with Gasteiger partial charge in [-0.2, -0.15) is 0 Å². The standard InChI is InChI=1S/C21H23NO2S2/c1-15-13-17-5-2-3-6-19(17)22(15)20(23)14-24-18-9-7-16(8-10-18)21-25-11-4-12-26-21/h2-3,5-10,15,21H,4,11-14H2,1H3. The predicted octanol–water partition coefficient (Wildman–Crippen LogP) is 4.91. The third-order valence-electron chi connectivity index (χ3n) is 4.82. The number of nitrogens with zero attached hydrogens (tertiary/aromatic N) is 1. The number of fused-ring (bicyclic) bond motifs is 1. The van der Waals surface area contributed by atoms with Crippen LogP contribution in [0.5, 0.6) is 5.75 Å². The van der Waals surface area contributed by atoms with Gasteiger partial charge in [0.15, 0.2) is 6.61 Å². The number of hydrogen-bond acceptors (Lipinski definition) is 4. The Morgan fingerprint density at radius 3 is 2.62 bits per heavy atom. The van der Waals surface area contributed by atoms with Gasteiger partial charge >= 0.3 is 0 Å². The summed E-state index contributed by atoms with van der Waals surface area (Å²) in [5.74, 6) is 3.25. The van der Waals surface area contributed by atoms with Crippen molar-refractivity contribution in [3.05, 3.63) is 59.7 Å². The minimum atomic E-state index is 0.0184. The van der Waals surface area contributed by atoms with E-state index in [2.05, 4.69) is 25.1 Å². The van der Waals surface area contributed by atoms with Crippen molar-refractivity contribution in [1.82, 2.24) is 0 Å². The molecule has 4 rings (SSSR count). The Bertz CT molecular complexity index is 772. The first-order valence-electron chi connectivity index (χ1n) is 9.08. The van der Waals surface area contributed by atoms with Gasteiger partial charge in [-0.15, -0.1) is 23.5 Å². The minimum absolute atomic E-state index is 0.0184. The first-order chi connectivity index (χ1) is 12.7. The molecule has 1 fully saturated rings. The summed E-state index contributed by atoms with van der Waals surface area (Å²) in [6, 6.07) is 16.5. The summed E-state index contributed by atoms with van der Waals surface area (Å²) in [5, 5.41) is 0. The van der Waals surface area contributed by atoms with Gasteiger partial charge in [-0.05, 0) is 60.6 Å². The third-order valence-corrected chi connectivity index (χ3v) is 7.83. The number of anilines is 1. The predicted molar refractivity (Wildman–Crippen MR) is 111 cm³/mol. The number of carbonyl (C=O) groups is 1. The molecule has 1 amide bonds. The van der Waals surface area contributed by atoms with Crippen LogP contribution in [0.3, 0.4) is 0 Å². The molecular weight excluding hydrogens is 362 g/mol. The fraction of sp³-hybridized carbons (Fsp3) is 0.381. The molecule has 26 heavy (non-hydrogen) atoms. The maximum Gasteiger partial charge on any atom is 0.265 e. The van der Waals surface area contributed by atoms with Crippen molar-refractivity contribution < 1.29 is 9.53 Å². The van der Waals surface area contributed by atoms with E-state index in [4.69, 9.17) is 4.74 Å². The Morgan fingerprint density at radius 2 is 1.85 bits per heavy atom. The van der Waals surface area contributed by atoms with Crippen LogP contribution in [0, 0.1) is 0 Å². The number of carbonyl (C=O) groups excluding carboxylic acids is 1. The normalized spacial score (nSPS) is 20.0. The van der Waals surface area contributed by atoms with E-state index in [9.17, 15) is 4.79 Å². The molecule has 1 saturated heterocycles. The van der Waals surface area contributed by atoms with Crippen molar-refractivity contribution in [3.8, 4) is 5.75 Å². The van der Waals surface area contributed by atoms with Crippen LogP contribution >= 0.6 is 23.5 Å². The molecule has 2 heterocycles. The average Bonchev–Trinajstić information content (AvgIpc) is 3.03. The molecule has 1 unspecified atom stereocenters. The number of para-hydroxylation sites is 1. The molecule has 1 atom stereocenters. The van der Waals surface area contributed by atoms with Gasteiger partial charge < -0.3 is 9.64 Å². The number of benzene rings is 2. The molecule has 0 N–H and O–H groups in total. The van der Waals surface area contributed by atoms with Crippen molar-refractivity contribution in [2.24, 2.45) is 0 Å². The largest absolute Gasteiger partial charge is 0.484 e. The number of rotatable bonds is 4. The molecule has 0 spiro atoms. The summed E-state index contributed by atoms with van der Waals surface area (Å²) in [5.41, 5.74) is 3.59. The van der Waals surface area contributed by atoms with Crippen molar-refractivity contribution in [2.75, 3.05) is 23.0 Å². The molecule has 0 radical (unpaired) electrons. The lowest BCUT2D eigenvalue weighted by Crippen LogP contribution is -2.39. The molecule has 136 valence electrons. The SMILES string of the molecule is CC1Cc2ccccc2N1C(=O)COc1ccc(C2SCCCS2)cc1. The van der Waals surface area contributed by atoms with Crippen LogP contribution in [0.15, 0.2) is 48.5 Å². The molecule has 2 aromatic rings. The molecule has 2 aromatic carbocycles. The monoisotopic (exact) mass is 385 g/mol. The highest BCUT2D eigenvalue weighted by Gasteiger charge is 2.30. The molecule has 2 aliphatic rings. The lowest BCUT2D eigenvalue weighted by Gasteiger charge is -2.23. The number of ether oxygens (including phenoxy) is 1. The maximum atomic E-state index is 12.7. The van der Waals surface area contributed by atoms with Gasteiger partial charge in [0, 0.05) is 11.7 Å². The Morgan fingerprint density at radius 1 is 1.12 bits per heavy atom. The van der Waals surface area contributed by atoms with E-state index in [1.807, 2.05) is 58.8 Å². The summed E-state index contributed by atoms with van der Waals surface area (Å²) in [6.07, 6.45) is 2.21. The highest BCUT2D eigenvalue weighted by atomic mass is 32.2. The van der Waals surface area contributed by atoms with Crippen LogP contribution in [0.4, 0.5) is 5.69 Å². The maximum absolute atomic E-state index is 12.7. The van der Waals surface area contributed by atoms with E-state index in [0.717, 1.165) is 17.9 Å². The molecule has 5 heteroatoms. The Labute approximate surface area is 163 Å². The summed E-state index contributed by atoms with van der Waals surface area (Å²) in [6.45, 7) is 2.16. The minimum Gasteiger partial charge on any atom is -0.484 e. The van der Waals surface area contributed by atoms with Gasteiger partial charge in [-0.1, -0.05) is 30.3 Å². The second-order valence-corrected chi connectivity index (χ2v) is 9.45. The first-order valence-corrected chi connectivity index (χ1v) is 11.2. The van der Waals surface area contributed by atoms with E-state index in [0.29, 0.717) is 4.58 Å². The quantitative estimate of drug-likeness (QED) is 0.748. The molecule has 0 bridgehead atoms. The number of hydrogen-bond donors (Lipinski definition) is 0. The van der Waals surface area contributed by atoms with Gasteiger partial charge in [-0.25, -0.2) is 0 Å². The fourth-order valence-corrected chi connectivity index (χ4v) is 6.46. The second-order valence-electron chi connectivity index (χ2n) is 6.73. The Balaban J connectivity index is 1.37. The molecule has 2 aliphatic heterocycles. The molecular formula is C21H23NO2S2. The van der Waals surface area contributed by atoms with Gasteiger partial charge in [0.05, 0.1) is 4.58 Å². The van der Waals surface area contributed by atoms with E-state index in [-0.39, 0.29) is 18.6 Å². The van der Waals surface area contributed by atoms with Gasteiger partial charge in [0.1, 0.15) is 5.75 Å². The number of thioether (sulfide) groups is 2. The van der Waals surface area contributed by atoms with Gasteiger partial charge in [0.25, 0.3) is 5.91 Å². The summed E-state index contributed by atoms with van der Waals surface area (Å²) in [4.78, 5) is 14.6. The van der Waals surface area contributed by atoms with Crippen molar-refractivity contribution in [3.63, 3.8) is 0 Å². The van der Waals surface area contributed by atoms with Crippen molar-refractivity contribution in [1.29, 1.82) is 0 Å². The number of amides is 1. The smallest absolute Gasteiger partial charge is 0.265 e. The fourth-order valence-electron chi connectivity index (χ4n) is 3.56. The first kappa shape index (κ1) is 17.8. The lowest BCUT2D eigenvalue weighted by molar-refractivity contribution is -0.120. The van der Waals surface area contributed by atoms with Crippen LogP contribution in [0.25, 0.3) is 0 Å². The molecule has 3 nitrogen and oxygen atoms in total. The van der Waals surface area contributed by atoms with Crippen LogP contribution in [-0.2, 0) is 11.2 Å². The van der Waals surface area contributed by atoms with E-state index < -0.39 is 0 Å². The summed E-state index contributed by atoms with van der Waals surface area (Å²) >= 11 is 4.02. The van der Waals surface area contributed by atoms with Gasteiger partial charge in [-0.3, -0.25) is 4.79 Å². The Hall–Kier alpha value is -1.59.